The van der Waals surface area contributed by atoms with Crippen LogP contribution in [0.15, 0.2) is 0 Å². The highest BCUT2D eigenvalue weighted by molar-refractivity contribution is 5.74. The zero-order valence-corrected chi connectivity index (χ0v) is 57.8. The fraction of sp³-hybridized carbons (Fsp3) is 0.950. The summed E-state index contributed by atoms with van der Waals surface area (Å²) in [6.45, 7) is -1.82. The van der Waals surface area contributed by atoms with Gasteiger partial charge < -0.3 is 219 Å². The Morgan fingerprint density at radius 3 is 1.06 bits per heavy atom. The minimum atomic E-state index is -2.42. The van der Waals surface area contributed by atoms with E-state index >= 15 is 0 Å². The lowest BCUT2D eigenvalue weighted by Gasteiger charge is -2.50. The number of rotatable bonds is 26. The molecule has 107 heavy (non-hydrogen) atoms. The molecule has 45 atom stereocenters. The predicted molar refractivity (Wildman–Crippen MR) is 329 cm³/mol. The monoisotopic (exact) mass is 1570 g/mol. The largest absolute Gasteiger partial charge is 0.394 e. The van der Waals surface area contributed by atoms with E-state index in [1.807, 2.05) is 0 Å². The Balaban J connectivity index is 0.981. The van der Waals surface area contributed by atoms with Gasteiger partial charge in [0, 0.05) is 20.8 Å². The second-order valence-electron chi connectivity index (χ2n) is 27.4. The highest BCUT2D eigenvalue weighted by Crippen LogP contribution is 2.39. The van der Waals surface area contributed by atoms with Gasteiger partial charge in [0.05, 0.1) is 58.5 Å². The van der Waals surface area contributed by atoms with Gasteiger partial charge in [-0.05, 0) is 13.8 Å². The first-order valence-electron chi connectivity index (χ1n) is 34.3. The molecule has 0 saturated carbocycles. The van der Waals surface area contributed by atoms with Gasteiger partial charge in [-0.2, -0.15) is 0 Å². The average Bonchev–Trinajstić information content (AvgIpc) is 0.765. The van der Waals surface area contributed by atoms with E-state index in [4.69, 9.17) is 80.5 Å². The molecule has 47 nitrogen and oxygen atoms in total. The zero-order valence-electron chi connectivity index (χ0n) is 57.8. The lowest BCUT2D eigenvalue weighted by Crippen LogP contribution is -2.70. The quantitative estimate of drug-likeness (QED) is 0.0382. The van der Waals surface area contributed by atoms with Crippen LogP contribution in [0.1, 0.15) is 34.6 Å². The summed E-state index contributed by atoms with van der Waals surface area (Å²) in [7, 11) is 0. The van der Waals surface area contributed by atoms with Gasteiger partial charge in [0.15, 0.2) is 56.6 Å². The Labute approximate surface area is 606 Å². The van der Waals surface area contributed by atoms with Gasteiger partial charge in [0.2, 0.25) is 17.7 Å². The summed E-state index contributed by atoms with van der Waals surface area (Å²) >= 11 is 0. The minimum absolute atomic E-state index is 0.804. The third-order valence-electron chi connectivity index (χ3n) is 19.9. The molecule has 9 fully saturated rings. The molecule has 0 spiro atoms. The lowest BCUT2D eigenvalue weighted by molar-refractivity contribution is -0.393. The van der Waals surface area contributed by atoms with Gasteiger partial charge in [-0.3, -0.25) is 14.4 Å². The van der Waals surface area contributed by atoms with E-state index in [1.165, 1.54) is 13.8 Å². The van der Waals surface area contributed by atoms with Crippen LogP contribution >= 0.6 is 0 Å². The van der Waals surface area contributed by atoms with Crippen LogP contribution < -0.4 is 16.0 Å². The maximum atomic E-state index is 13.0. The molecular weight excluding hydrogens is 1470 g/mol. The standard InChI is InChI=1S/C60H101N3O44/c1-13-28(72)37(81)42(86)55(93-13)91-12-24-48(34(78)25(52(90)95-24)61-15(3)69)102-53-26(62-16(4)70)35(79)46(21(9-67)99-53)103-58-45(89)49(105-57-44(88)39(83)30(74)18(6-64)96-57)33(77)23(101-58)11-92-59-50(40(84)31(75)19(7-65)97-59)106-54-27(63-17(5)71)36(80)47(22(10-68)100-54)104-60-51(41(85)32(76)20(8-66)98-60)107-56-43(87)38(82)29(73)14(2)94-56/h13-14,18-60,64-68,72-90H,6-12H2,1-5H3,(H,61,69)(H,62,70)(H,63,71)/t13-,14-,18+,19+,20+,21+,22+,23+,24+,25+,26+,27+,28+,29+,30+,31+,32-,33+,34+,35+,36+,37+,38+,39-,40-,41-,42-,43-,44-,45-,46+,47+,48+,49-,50-,51+,52?,53-,54-,55+,56-,57+,58-,59-,60-/m0/s1. The Morgan fingerprint density at radius 1 is 0.262 bits per heavy atom. The molecule has 9 rings (SSSR count). The number of aliphatic hydroxyl groups excluding tert-OH is 24. The smallest absolute Gasteiger partial charge is 0.217 e. The summed E-state index contributed by atoms with van der Waals surface area (Å²) in [5.41, 5.74) is 0. The van der Waals surface area contributed by atoms with Crippen LogP contribution in [0.3, 0.4) is 0 Å². The molecule has 9 heterocycles. The number of amides is 3. The number of hydrogen-bond acceptors (Lipinski definition) is 44. The summed E-state index contributed by atoms with van der Waals surface area (Å²) in [4.78, 5) is 38.3. The first-order chi connectivity index (χ1) is 50.5. The molecule has 0 radical (unpaired) electrons. The van der Waals surface area contributed by atoms with E-state index in [-0.39, 0.29) is 0 Å². The summed E-state index contributed by atoms with van der Waals surface area (Å²) in [6.07, 6.45) is -82.8. The van der Waals surface area contributed by atoms with E-state index in [9.17, 15) is 137 Å². The van der Waals surface area contributed by atoms with Crippen molar-refractivity contribution in [2.45, 2.75) is 311 Å². The topological polar surface area (TPSA) is 730 Å². The fourth-order valence-corrected chi connectivity index (χ4v) is 13.8. The van der Waals surface area contributed by atoms with Crippen LogP contribution in [0.2, 0.25) is 0 Å². The van der Waals surface area contributed by atoms with Crippen LogP contribution in [0.5, 0.6) is 0 Å². The SMILES string of the molecule is CC(=O)N[C@H]1[C@H](O[C@H]2[C@H](O)[C@@H](NC(C)=O)C(O)O[C@@H]2CO[C@@H]2O[C@@H](C)[C@@H](O)[C@@H](O)[C@@H]2O)O[C@H](CO)[C@@H](O[C@@H]2O[C@H](CO[C@H]3O[C@H](CO)[C@@H](O)[C@H](O)[C@@H]3O[C@@H]3O[C@H](CO)[C@@H](O[C@@H]4O[C@H](CO)[C@H](O)[C@H](O)[C@H]4O[C@@H]4O[C@@H](C)[C@@H](O)[C@@H](O)[C@@H]4O)[C@H](O)[C@H]3NC(C)=O)[C@@H](O)[C@H](O[C@H]3O[C@H](CO)[C@@H](O)[C@H](O)[C@@H]3O)[C@@H]2O)[C@@H]1O. The number of ether oxygens (including phenoxy) is 17. The van der Waals surface area contributed by atoms with Crippen LogP contribution in [-0.4, -0.2) is 463 Å². The third kappa shape index (κ3) is 19.3. The molecule has 620 valence electrons. The van der Waals surface area contributed by atoms with Crippen molar-refractivity contribution in [2.75, 3.05) is 46.2 Å². The van der Waals surface area contributed by atoms with Gasteiger partial charge in [0.1, 0.15) is 207 Å². The minimum Gasteiger partial charge on any atom is -0.394 e. The second-order valence-corrected chi connectivity index (χ2v) is 27.4. The molecule has 0 aromatic heterocycles. The predicted octanol–water partition coefficient (Wildman–Crippen LogP) is -18.1. The van der Waals surface area contributed by atoms with Gasteiger partial charge in [-0.25, -0.2) is 0 Å². The highest BCUT2D eigenvalue weighted by atomic mass is 16.8. The normalized spacial score (nSPS) is 50.7. The molecule has 0 aromatic carbocycles. The van der Waals surface area contributed by atoms with E-state index < -0.39 is 340 Å². The molecule has 47 heteroatoms. The zero-order chi connectivity index (χ0) is 78.8. The van der Waals surface area contributed by atoms with Gasteiger partial charge in [-0.1, -0.05) is 0 Å². The molecule has 9 aliphatic rings. The average molecular weight is 1570 g/mol. The van der Waals surface area contributed by atoms with Crippen LogP contribution in [0, 0.1) is 0 Å². The van der Waals surface area contributed by atoms with Crippen molar-refractivity contribution in [3.8, 4) is 0 Å². The molecule has 0 bridgehead atoms. The number of carbonyl (C=O) groups excluding carboxylic acids is 3. The van der Waals surface area contributed by atoms with Crippen LogP contribution in [0.4, 0.5) is 0 Å². The number of hydrogen-bond donors (Lipinski definition) is 27. The van der Waals surface area contributed by atoms with Crippen molar-refractivity contribution in [1.29, 1.82) is 0 Å². The highest BCUT2D eigenvalue weighted by Gasteiger charge is 2.60. The van der Waals surface area contributed by atoms with Crippen molar-refractivity contribution in [3.05, 3.63) is 0 Å². The maximum absolute atomic E-state index is 13.0. The summed E-state index contributed by atoms with van der Waals surface area (Å²) in [5, 5.41) is 272. The molecule has 0 aromatic rings. The summed E-state index contributed by atoms with van der Waals surface area (Å²) < 4.78 is 100.0. The Hall–Kier alpha value is -3.23. The molecule has 1 unspecified atom stereocenters. The number of aliphatic hydroxyl groups is 24. The molecule has 0 aliphatic carbocycles. The summed E-state index contributed by atoms with van der Waals surface area (Å²) in [6, 6.07) is -5.55. The molecule has 3 amide bonds. The molecular formula is C60H101N3O44. The Kier molecular flexibility index (Phi) is 31.0. The van der Waals surface area contributed by atoms with Crippen molar-refractivity contribution < 1.29 is 217 Å². The van der Waals surface area contributed by atoms with Gasteiger partial charge in [0.25, 0.3) is 0 Å². The van der Waals surface area contributed by atoms with Gasteiger partial charge >= 0.3 is 0 Å². The van der Waals surface area contributed by atoms with Gasteiger partial charge in [-0.15, -0.1) is 0 Å². The first kappa shape index (κ1) is 87.7. The van der Waals surface area contributed by atoms with E-state index in [0.717, 1.165) is 20.8 Å². The second kappa shape index (κ2) is 37.8. The molecule has 9 aliphatic heterocycles. The van der Waals surface area contributed by atoms with E-state index in [0.29, 0.717) is 0 Å². The van der Waals surface area contributed by atoms with E-state index in [2.05, 4.69) is 16.0 Å². The van der Waals surface area contributed by atoms with Crippen molar-refractivity contribution >= 4 is 17.7 Å². The Bertz CT molecular complexity index is 2810. The number of carbonyl (C=O) groups is 3. The lowest BCUT2D eigenvalue weighted by atomic mass is 9.93. The third-order valence-corrected chi connectivity index (χ3v) is 19.9. The van der Waals surface area contributed by atoms with Crippen molar-refractivity contribution in [3.63, 3.8) is 0 Å². The fourth-order valence-electron chi connectivity index (χ4n) is 13.8. The van der Waals surface area contributed by atoms with Crippen LogP contribution in [-0.2, 0) is 94.9 Å². The first-order valence-corrected chi connectivity index (χ1v) is 34.3. The van der Waals surface area contributed by atoms with Crippen molar-refractivity contribution in [1.82, 2.24) is 16.0 Å². The van der Waals surface area contributed by atoms with Crippen LogP contribution in [0.25, 0.3) is 0 Å². The Morgan fingerprint density at radius 2 is 0.570 bits per heavy atom. The number of nitrogens with one attached hydrogen (secondary N) is 3. The van der Waals surface area contributed by atoms with E-state index in [1.54, 1.807) is 0 Å². The maximum Gasteiger partial charge on any atom is 0.217 e. The molecule has 27 N–H and O–H groups in total. The van der Waals surface area contributed by atoms with Crippen molar-refractivity contribution in [2.24, 2.45) is 0 Å². The molecule has 9 saturated heterocycles. The summed E-state index contributed by atoms with van der Waals surface area (Å²) in [5.74, 6) is -2.68.